The highest BCUT2D eigenvalue weighted by molar-refractivity contribution is 6.09. The van der Waals surface area contributed by atoms with Crippen LogP contribution in [0.5, 0.6) is 0 Å². The number of rotatable bonds is 10. The van der Waals surface area contributed by atoms with E-state index in [-0.39, 0.29) is 28.9 Å². The number of hydrogen-bond donors (Lipinski definition) is 1. The summed E-state index contributed by atoms with van der Waals surface area (Å²) in [6, 6.07) is 27.5. The van der Waals surface area contributed by atoms with E-state index in [1.165, 1.54) is 22.8 Å². The Balaban J connectivity index is 0.943. The molecule has 1 saturated heterocycles. The van der Waals surface area contributed by atoms with Crippen molar-refractivity contribution in [3.63, 3.8) is 0 Å². The molecule has 1 aliphatic carbocycles. The van der Waals surface area contributed by atoms with Gasteiger partial charge in [-0.05, 0) is 153 Å². The standard InChI is InChI=1S/C51H52FN3O4/c1-4-35-10-7-8-34(3)42(35)18-19-47(56)39-14-17-43(45(52)30-39)37-21-25-55(46-11-6-5-9-38(46)29-37)50(58)36-12-15-41(16-13-36)54-49(57)44-28-33(2)32-53-48(44)40-20-22-51(31-40)23-26-59-27-24-51/h5-17,28-30,32,40H,4,18-27,31H2,1-3H3,(H,54,57). The van der Waals surface area contributed by atoms with Gasteiger partial charge in [-0.25, -0.2) is 4.39 Å². The molecule has 3 aliphatic rings. The van der Waals surface area contributed by atoms with Crippen LogP contribution in [0.3, 0.4) is 0 Å². The number of Topliss-reactive ketones (excluding diaryl/α,β-unsaturated/α-hetero) is 1. The van der Waals surface area contributed by atoms with Crippen molar-refractivity contribution in [3.8, 4) is 0 Å². The Bertz CT molecular complexity index is 2430. The normalized spacial score (nSPS) is 17.3. The average molecular weight is 790 g/mol. The molecule has 2 fully saturated rings. The molecule has 1 unspecified atom stereocenters. The first-order valence-corrected chi connectivity index (χ1v) is 21.1. The van der Waals surface area contributed by atoms with Gasteiger partial charge in [0.05, 0.1) is 16.9 Å². The Kier molecular flexibility index (Phi) is 11.7. The van der Waals surface area contributed by atoms with Gasteiger partial charge in [0.25, 0.3) is 11.8 Å². The summed E-state index contributed by atoms with van der Waals surface area (Å²) < 4.78 is 21.5. The summed E-state index contributed by atoms with van der Waals surface area (Å²) in [5.41, 5.74) is 10.4. The van der Waals surface area contributed by atoms with Crippen molar-refractivity contribution in [2.45, 2.75) is 84.5 Å². The van der Waals surface area contributed by atoms with Crippen LogP contribution in [0.15, 0.2) is 97.2 Å². The second-order valence-corrected chi connectivity index (χ2v) is 16.6. The minimum Gasteiger partial charge on any atom is -0.381 e. The van der Waals surface area contributed by atoms with Crippen LogP contribution in [-0.4, -0.2) is 42.3 Å². The van der Waals surface area contributed by atoms with Crippen LogP contribution in [0.25, 0.3) is 11.6 Å². The molecule has 3 heterocycles. The molecule has 1 atom stereocenters. The van der Waals surface area contributed by atoms with Gasteiger partial charge in [-0.3, -0.25) is 19.4 Å². The van der Waals surface area contributed by atoms with E-state index in [9.17, 15) is 14.4 Å². The quantitative estimate of drug-likeness (QED) is 0.142. The molecule has 1 N–H and O–H groups in total. The maximum atomic E-state index is 15.9. The van der Waals surface area contributed by atoms with Gasteiger partial charge in [0.2, 0.25) is 0 Å². The summed E-state index contributed by atoms with van der Waals surface area (Å²) in [4.78, 5) is 47.7. The van der Waals surface area contributed by atoms with Crippen molar-refractivity contribution >= 4 is 40.6 Å². The van der Waals surface area contributed by atoms with Gasteiger partial charge < -0.3 is 15.0 Å². The second kappa shape index (κ2) is 17.2. The van der Waals surface area contributed by atoms with Crippen LogP contribution in [-0.2, 0) is 17.6 Å². The maximum absolute atomic E-state index is 15.9. The van der Waals surface area contributed by atoms with E-state index in [0.717, 1.165) is 79.8 Å². The fourth-order valence-corrected chi connectivity index (χ4v) is 9.51. The Morgan fingerprint density at radius 1 is 0.915 bits per heavy atom. The number of fused-ring (bicyclic) bond motifs is 1. The Morgan fingerprint density at radius 2 is 1.69 bits per heavy atom. The lowest BCUT2D eigenvalue weighted by molar-refractivity contribution is 0.0174. The Morgan fingerprint density at radius 3 is 2.47 bits per heavy atom. The third kappa shape index (κ3) is 8.55. The molecule has 7 nitrogen and oxygen atoms in total. The van der Waals surface area contributed by atoms with E-state index in [4.69, 9.17) is 9.72 Å². The highest BCUT2D eigenvalue weighted by Gasteiger charge is 2.42. The summed E-state index contributed by atoms with van der Waals surface area (Å²) in [5, 5.41) is 3.06. The fourth-order valence-electron chi connectivity index (χ4n) is 9.51. The number of aromatic nitrogens is 1. The summed E-state index contributed by atoms with van der Waals surface area (Å²) >= 11 is 0. The molecule has 8 rings (SSSR count). The van der Waals surface area contributed by atoms with E-state index in [2.05, 4.69) is 31.3 Å². The van der Waals surface area contributed by atoms with E-state index < -0.39 is 5.82 Å². The summed E-state index contributed by atoms with van der Waals surface area (Å²) in [7, 11) is 0. The Hall–Kier alpha value is -5.73. The molecule has 2 aliphatic heterocycles. The second-order valence-electron chi connectivity index (χ2n) is 16.6. The fraction of sp³-hybridized carbons (Fsp3) is 0.333. The number of aryl methyl sites for hydroxylation is 3. The molecular weight excluding hydrogens is 738 g/mol. The van der Waals surface area contributed by atoms with Gasteiger partial charge in [0, 0.05) is 60.7 Å². The van der Waals surface area contributed by atoms with Crippen LogP contribution in [0, 0.1) is 25.1 Å². The first-order valence-electron chi connectivity index (χ1n) is 21.1. The number of carbonyl (C=O) groups excluding carboxylic acids is 3. The van der Waals surface area contributed by atoms with Gasteiger partial charge in [0.15, 0.2) is 5.78 Å². The minimum absolute atomic E-state index is 0.0899. The third-order valence-corrected chi connectivity index (χ3v) is 12.9. The van der Waals surface area contributed by atoms with Crippen LogP contribution in [0.2, 0.25) is 0 Å². The van der Waals surface area contributed by atoms with Crippen LogP contribution in [0.1, 0.15) is 128 Å². The third-order valence-electron chi connectivity index (χ3n) is 12.9. The van der Waals surface area contributed by atoms with Gasteiger partial charge >= 0.3 is 0 Å². The SMILES string of the molecule is CCc1cccc(C)c1CCC(=O)c1ccc(C2=Cc3ccccc3N(C(=O)c3ccc(NC(=O)c4cc(C)cnc4C4CCC5(CCOCC5)C4)cc3)CC2)c(F)c1. The van der Waals surface area contributed by atoms with Crippen LogP contribution in [0.4, 0.5) is 15.8 Å². The summed E-state index contributed by atoms with van der Waals surface area (Å²) in [6.07, 6.45) is 11.3. The van der Waals surface area contributed by atoms with Crippen LogP contribution < -0.4 is 10.2 Å². The predicted octanol–water partition coefficient (Wildman–Crippen LogP) is 11.1. The van der Waals surface area contributed by atoms with Crippen molar-refractivity contribution in [2.75, 3.05) is 30.0 Å². The molecule has 1 saturated carbocycles. The highest BCUT2D eigenvalue weighted by Crippen LogP contribution is 2.52. The first-order chi connectivity index (χ1) is 28.6. The predicted molar refractivity (Wildman–Crippen MR) is 233 cm³/mol. The molecule has 0 bridgehead atoms. The summed E-state index contributed by atoms with van der Waals surface area (Å²) in [6.45, 7) is 8.06. The molecule has 59 heavy (non-hydrogen) atoms. The molecule has 2 amide bonds. The van der Waals surface area contributed by atoms with Gasteiger partial charge in [-0.1, -0.05) is 55.5 Å². The number of ether oxygens (including phenoxy) is 1. The lowest BCUT2D eigenvalue weighted by Gasteiger charge is -2.33. The van der Waals surface area contributed by atoms with E-state index in [1.54, 1.807) is 41.3 Å². The van der Waals surface area contributed by atoms with Crippen molar-refractivity contribution in [3.05, 3.63) is 159 Å². The number of pyridine rings is 1. The molecule has 5 aromatic rings. The molecule has 0 radical (unpaired) electrons. The first kappa shape index (κ1) is 40.1. The zero-order valence-corrected chi connectivity index (χ0v) is 34.3. The van der Waals surface area contributed by atoms with Gasteiger partial charge in [-0.15, -0.1) is 0 Å². The lowest BCUT2D eigenvalue weighted by Crippen LogP contribution is -2.32. The maximum Gasteiger partial charge on any atom is 0.258 e. The average Bonchev–Trinajstić information content (AvgIpc) is 3.54. The lowest BCUT2D eigenvalue weighted by atomic mass is 9.77. The zero-order valence-electron chi connectivity index (χ0n) is 34.3. The van der Waals surface area contributed by atoms with Crippen LogP contribution >= 0.6 is 0 Å². The Labute approximate surface area is 346 Å². The van der Waals surface area contributed by atoms with Gasteiger partial charge in [0.1, 0.15) is 5.82 Å². The number of halogens is 1. The number of nitrogens with zero attached hydrogens (tertiary/aromatic N) is 2. The number of anilines is 2. The molecule has 302 valence electrons. The number of amides is 2. The minimum atomic E-state index is -0.456. The van der Waals surface area contributed by atoms with Crippen molar-refractivity contribution < 1.29 is 23.5 Å². The van der Waals surface area contributed by atoms with E-state index >= 15 is 4.39 Å². The van der Waals surface area contributed by atoms with Gasteiger partial charge in [-0.2, -0.15) is 0 Å². The molecular formula is C51H52FN3O4. The topological polar surface area (TPSA) is 88.6 Å². The monoisotopic (exact) mass is 789 g/mol. The number of hydrogen-bond acceptors (Lipinski definition) is 5. The van der Waals surface area contributed by atoms with Crippen molar-refractivity contribution in [2.24, 2.45) is 5.41 Å². The molecule has 1 aromatic heterocycles. The molecule has 1 spiro atoms. The molecule has 8 heteroatoms. The summed E-state index contributed by atoms with van der Waals surface area (Å²) in [5.74, 6) is -0.717. The van der Waals surface area contributed by atoms with Crippen molar-refractivity contribution in [1.82, 2.24) is 4.98 Å². The number of para-hydroxylation sites is 1. The number of carbonyl (C=O) groups is 3. The highest BCUT2D eigenvalue weighted by atomic mass is 19.1. The number of nitrogens with one attached hydrogen (secondary N) is 1. The smallest absolute Gasteiger partial charge is 0.258 e. The zero-order chi connectivity index (χ0) is 41.1. The van der Waals surface area contributed by atoms with Crippen molar-refractivity contribution in [1.29, 1.82) is 0 Å². The number of ketones is 1. The largest absolute Gasteiger partial charge is 0.381 e. The number of benzene rings is 4. The van der Waals surface area contributed by atoms with E-state index in [1.807, 2.05) is 55.6 Å². The van der Waals surface area contributed by atoms with E-state index in [0.29, 0.717) is 53.7 Å². The molecule has 4 aromatic carbocycles.